The van der Waals surface area contributed by atoms with Gasteiger partial charge in [-0.15, -0.1) is 0 Å². The van der Waals surface area contributed by atoms with Crippen LogP contribution in [0.3, 0.4) is 0 Å². The molecule has 0 radical (unpaired) electrons. The van der Waals surface area contributed by atoms with Gasteiger partial charge in [0, 0.05) is 49.5 Å². The molecule has 10 heteroatoms. The molecule has 3 aromatic heterocycles. The molecule has 4 aromatic rings. The second-order valence-corrected chi connectivity index (χ2v) is 8.20. The van der Waals surface area contributed by atoms with Gasteiger partial charge in [0.15, 0.2) is 0 Å². The zero-order chi connectivity index (χ0) is 22.4. The van der Waals surface area contributed by atoms with Crippen LogP contribution >= 0.6 is 11.6 Å². The molecule has 0 bridgehead atoms. The molecule has 5 rings (SSSR count). The molecule has 1 saturated heterocycles. The number of aromatic nitrogens is 5. The highest BCUT2D eigenvalue weighted by Crippen LogP contribution is 2.32. The molecule has 1 unspecified atom stereocenters. The fourth-order valence-corrected chi connectivity index (χ4v) is 4.06. The zero-order valence-corrected chi connectivity index (χ0v) is 18.3. The average molecular weight is 455 g/mol. The van der Waals surface area contributed by atoms with E-state index >= 15 is 0 Å². The van der Waals surface area contributed by atoms with Crippen LogP contribution in [-0.2, 0) is 18.8 Å². The van der Waals surface area contributed by atoms with Crippen molar-refractivity contribution in [3.8, 4) is 11.3 Å². The maximum Gasteiger partial charge on any atom is 0.261 e. The van der Waals surface area contributed by atoms with Crippen molar-refractivity contribution in [2.24, 2.45) is 14.1 Å². The third kappa shape index (κ3) is 3.63. The number of benzene rings is 1. The van der Waals surface area contributed by atoms with Crippen LogP contribution in [0.4, 0.5) is 10.2 Å². The first-order chi connectivity index (χ1) is 15.4. The lowest BCUT2D eigenvalue weighted by Crippen LogP contribution is -2.39. The summed E-state index contributed by atoms with van der Waals surface area (Å²) in [4.78, 5) is 24.1. The number of hydrogen-bond acceptors (Lipinski definition) is 6. The van der Waals surface area contributed by atoms with Gasteiger partial charge >= 0.3 is 0 Å². The number of halogens is 2. The number of aryl methyl sites for hydroxylation is 2. The molecule has 32 heavy (non-hydrogen) atoms. The molecule has 164 valence electrons. The Balaban J connectivity index is 1.65. The predicted octanol–water partition coefficient (Wildman–Crippen LogP) is 3.10. The van der Waals surface area contributed by atoms with Gasteiger partial charge in [-0.2, -0.15) is 5.10 Å². The second kappa shape index (κ2) is 7.99. The average Bonchev–Trinajstić information content (AvgIpc) is 3.22. The van der Waals surface area contributed by atoms with Gasteiger partial charge in [-0.05, 0) is 24.3 Å². The maximum atomic E-state index is 14.8. The minimum absolute atomic E-state index is 0.192. The van der Waals surface area contributed by atoms with Crippen LogP contribution in [0.25, 0.3) is 22.2 Å². The van der Waals surface area contributed by atoms with E-state index < -0.39 is 5.82 Å². The molecule has 1 aromatic carbocycles. The minimum Gasteiger partial charge on any atom is -0.370 e. The van der Waals surface area contributed by atoms with Gasteiger partial charge in [-0.25, -0.2) is 14.4 Å². The van der Waals surface area contributed by atoms with E-state index in [0.717, 1.165) is 5.56 Å². The Kier molecular flexibility index (Phi) is 5.15. The van der Waals surface area contributed by atoms with Crippen molar-refractivity contribution < 1.29 is 9.13 Å². The van der Waals surface area contributed by atoms with Gasteiger partial charge in [-0.1, -0.05) is 11.6 Å². The van der Waals surface area contributed by atoms with Gasteiger partial charge in [0.25, 0.3) is 5.56 Å². The molecule has 0 aliphatic carbocycles. The number of fused-ring (bicyclic) bond motifs is 1. The first-order valence-corrected chi connectivity index (χ1v) is 10.5. The molecule has 1 aliphatic heterocycles. The number of hydrogen-bond donors (Lipinski definition) is 0. The highest BCUT2D eigenvalue weighted by atomic mass is 35.5. The molecular weight excluding hydrogens is 435 g/mol. The van der Waals surface area contributed by atoms with Gasteiger partial charge < -0.3 is 14.2 Å². The van der Waals surface area contributed by atoms with Crippen molar-refractivity contribution in [2.45, 2.75) is 6.10 Å². The van der Waals surface area contributed by atoms with Crippen molar-refractivity contribution in [3.63, 3.8) is 0 Å². The zero-order valence-electron chi connectivity index (χ0n) is 17.5. The van der Waals surface area contributed by atoms with Gasteiger partial charge in [0.2, 0.25) is 0 Å². The number of rotatable bonds is 3. The van der Waals surface area contributed by atoms with Gasteiger partial charge in [0.05, 0.1) is 24.5 Å². The maximum absolute atomic E-state index is 14.8. The smallest absolute Gasteiger partial charge is 0.261 e. The predicted molar refractivity (Wildman–Crippen MR) is 119 cm³/mol. The summed E-state index contributed by atoms with van der Waals surface area (Å²) in [6.45, 7) is 1.58. The van der Waals surface area contributed by atoms with Crippen LogP contribution in [0.1, 0.15) is 11.7 Å². The summed E-state index contributed by atoms with van der Waals surface area (Å²) in [5, 5.41) is 4.87. The third-order valence-electron chi connectivity index (χ3n) is 5.56. The molecule has 4 heterocycles. The number of morpholine rings is 1. The van der Waals surface area contributed by atoms with Gasteiger partial charge in [0.1, 0.15) is 28.9 Å². The van der Waals surface area contributed by atoms with E-state index in [1.54, 1.807) is 36.1 Å². The number of nitrogens with zero attached hydrogens (tertiary/aromatic N) is 6. The van der Waals surface area contributed by atoms with E-state index in [1.165, 1.54) is 17.0 Å². The quantitative estimate of drug-likeness (QED) is 0.473. The Morgan fingerprint density at radius 2 is 2.09 bits per heavy atom. The number of anilines is 1. The summed E-state index contributed by atoms with van der Waals surface area (Å²) < 4.78 is 23.9. The van der Waals surface area contributed by atoms with E-state index in [0.29, 0.717) is 42.1 Å². The first kappa shape index (κ1) is 20.6. The van der Waals surface area contributed by atoms with Crippen molar-refractivity contribution in [3.05, 3.63) is 69.7 Å². The van der Waals surface area contributed by atoms with Gasteiger partial charge in [-0.3, -0.25) is 9.48 Å². The second-order valence-electron chi connectivity index (χ2n) is 7.76. The van der Waals surface area contributed by atoms with Crippen LogP contribution in [0.15, 0.2) is 47.8 Å². The largest absolute Gasteiger partial charge is 0.370 e. The monoisotopic (exact) mass is 454 g/mol. The SMILES string of the molecule is Cn1cc(C2CN(c3cc4c(=O)n(C)cnc4c(-c4ccc(Cl)cc4F)n3)CCO2)cn1. The molecule has 0 amide bonds. The van der Waals surface area contributed by atoms with Crippen LogP contribution < -0.4 is 10.5 Å². The Morgan fingerprint density at radius 3 is 2.84 bits per heavy atom. The summed E-state index contributed by atoms with van der Waals surface area (Å²) in [6.07, 6.45) is 4.91. The Bertz CT molecular complexity index is 1380. The summed E-state index contributed by atoms with van der Waals surface area (Å²) in [5.41, 5.74) is 1.61. The molecule has 1 fully saturated rings. The van der Waals surface area contributed by atoms with Crippen molar-refractivity contribution in [1.29, 1.82) is 0 Å². The standard InChI is InChI=1S/C22H20ClFN6O2/c1-28-12-25-20-16(22(28)31)8-19(27-21(20)15-4-3-14(23)7-17(15)24)30-5-6-32-18(11-30)13-9-26-29(2)10-13/h3-4,7-10,12,18H,5-6,11H2,1-2H3. The summed E-state index contributed by atoms with van der Waals surface area (Å²) >= 11 is 5.94. The molecule has 0 saturated carbocycles. The minimum atomic E-state index is -0.527. The number of pyridine rings is 1. The van der Waals surface area contributed by atoms with Crippen LogP contribution in [0, 0.1) is 5.82 Å². The van der Waals surface area contributed by atoms with Crippen molar-refractivity contribution >= 4 is 28.3 Å². The molecule has 1 aliphatic rings. The number of ether oxygens (including phenoxy) is 1. The van der Waals surface area contributed by atoms with Crippen LogP contribution in [0.2, 0.25) is 5.02 Å². The lowest BCUT2D eigenvalue weighted by Gasteiger charge is -2.33. The van der Waals surface area contributed by atoms with E-state index in [2.05, 4.69) is 10.1 Å². The van der Waals surface area contributed by atoms with Crippen LogP contribution in [-0.4, -0.2) is 44.0 Å². The molecule has 0 spiro atoms. The van der Waals surface area contributed by atoms with Crippen molar-refractivity contribution in [1.82, 2.24) is 24.3 Å². The summed E-state index contributed by atoms with van der Waals surface area (Å²) in [6, 6.07) is 6.09. The van der Waals surface area contributed by atoms with E-state index in [1.807, 2.05) is 18.1 Å². The lowest BCUT2D eigenvalue weighted by atomic mass is 10.1. The highest BCUT2D eigenvalue weighted by molar-refractivity contribution is 6.30. The van der Waals surface area contributed by atoms with E-state index in [9.17, 15) is 9.18 Å². The molecule has 1 atom stereocenters. The summed E-state index contributed by atoms with van der Waals surface area (Å²) in [5.74, 6) is 0.0327. The first-order valence-electron chi connectivity index (χ1n) is 10.1. The van der Waals surface area contributed by atoms with E-state index in [4.69, 9.17) is 21.3 Å². The normalized spacial score (nSPS) is 16.6. The fourth-order valence-electron chi connectivity index (χ4n) is 3.90. The molecular formula is C22H20ClFN6O2. The topological polar surface area (TPSA) is 78.1 Å². The Hall–Kier alpha value is -3.30. The fraction of sp³-hybridized carbons (Fsp3) is 0.273. The highest BCUT2D eigenvalue weighted by Gasteiger charge is 2.26. The van der Waals surface area contributed by atoms with Crippen LogP contribution in [0.5, 0.6) is 0 Å². The summed E-state index contributed by atoms with van der Waals surface area (Å²) in [7, 11) is 3.48. The Labute approximate surface area is 187 Å². The third-order valence-corrected chi connectivity index (χ3v) is 5.80. The molecule has 0 N–H and O–H groups in total. The Morgan fingerprint density at radius 1 is 1.25 bits per heavy atom. The molecule has 8 nitrogen and oxygen atoms in total. The lowest BCUT2D eigenvalue weighted by molar-refractivity contribution is 0.0395. The van der Waals surface area contributed by atoms with Crippen molar-refractivity contribution in [2.75, 3.05) is 24.6 Å². The van der Waals surface area contributed by atoms with E-state index in [-0.39, 0.29) is 22.2 Å².